The number of ether oxygens (including phenoxy) is 1. The maximum absolute atomic E-state index is 8.94. The maximum atomic E-state index is 8.94. The Hall–Kier alpha value is -1.99. The summed E-state index contributed by atoms with van der Waals surface area (Å²) in [6.45, 7) is 8.21. The van der Waals surface area contributed by atoms with Crippen molar-refractivity contribution < 1.29 is 9.84 Å². The molecular weight excluding hydrogens is 400 g/mol. The fraction of sp³-hybridized carbons (Fsp3) is 0.577. The highest BCUT2D eigenvalue weighted by Crippen LogP contribution is 2.32. The summed E-state index contributed by atoms with van der Waals surface area (Å²) in [5.41, 5.74) is 4.82. The summed E-state index contributed by atoms with van der Waals surface area (Å²) in [6, 6.07) is 13.1. The van der Waals surface area contributed by atoms with E-state index < -0.39 is 0 Å². The van der Waals surface area contributed by atoms with E-state index in [1.54, 1.807) is 0 Å². The van der Waals surface area contributed by atoms with Crippen LogP contribution in [0.25, 0.3) is 11.3 Å². The summed E-state index contributed by atoms with van der Waals surface area (Å²) in [4.78, 5) is 9.98. The zero-order chi connectivity index (χ0) is 22.4. The Morgan fingerprint density at radius 3 is 2.69 bits per heavy atom. The zero-order valence-electron chi connectivity index (χ0n) is 19.8. The number of aliphatic hydroxyl groups is 1. The molecule has 6 nitrogen and oxygen atoms in total. The molecule has 0 spiro atoms. The molecule has 174 valence electrons. The Balaban J connectivity index is 1.44. The first-order chi connectivity index (χ1) is 15.6. The third kappa shape index (κ3) is 5.67. The molecule has 0 aliphatic carbocycles. The number of unbranched alkanes of at least 4 members (excludes halogenated alkanes) is 2. The minimum atomic E-state index is 0.309. The van der Waals surface area contributed by atoms with Gasteiger partial charge in [0, 0.05) is 56.4 Å². The van der Waals surface area contributed by atoms with Crippen LogP contribution >= 0.6 is 0 Å². The Labute approximate surface area is 193 Å². The summed E-state index contributed by atoms with van der Waals surface area (Å²) in [5.74, 6) is 1.07. The van der Waals surface area contributed by atoms with Crippen molar-refractivity contribution in [3.05, 3.63) is 42.0 Å². The molecule has 2 aromatic rings. The Morgan fingerprint density at radius 1 is 1.03 bits per heavy atom. The monoisotopic (exact) mass is 439 g/mol. The summed E-state index contributed by atoms with van der Waals surface area (Å²) in [7, 11) is 4.57. The number of rotatable bonds is 7. The van der Waals surface area contributed by atoms with E-state index in [4.69, 9.17) is 14.8 Å². The molecule has 2 aliphatic rings. The van der Waals surface area contributed by atoms with Crippen LogP contribution in [0.5, 0.6) is 0 Å². The van der Waals surface area contributed by atoms with Crippen LogP contribution in [0.2, 0.25) is 0 Å². The SMILES string of the molecule is C[N+]1(C)CCCOCc2cc(-c3cccc(N4CCN(CCCCCO)CC4)n3)ccc21. The van der Waals surface area contributed by atoms with Gasteiger partial charge in [0.05, 0.1) is 39.5 Å². The van der Waals surface area contributed by atoms with Crippen molar-refractivity contribution in [3.8, 4) is 11.3 Å². The van der Waals surface area contributed by atoms with Gasteiger partial charge in [-0.2, -0.15) is 0 Å². The molecule has 32 heavy (non-hydrogen) atoms. The highest BCUT2D eigenvalue weighted by atomic mass is 16.5. The molecule has 6 heteroatoms. The quantitative estimate of drug-likeness (QED) is 0.528. The van der Waals surface area contributed by atoms with Crippen molar-refractivity contribution in [2.75, 3.05) is 71.5 Å². The number of quaternary nitrogens is 1. The van der Waals surface area contributed by atoms with E-state index in [-0.39, 0.29) is 0 Å². The first-order valence-electron chi connectivity index (χ1n) is 12.2. The van der Waals surface area contributed by atoms with Crippen LogP contribution in [0.4, 0.5) is 11.5 Å². The Morgan fingerprint density at radius 2 is 1.88 bits per heavy atom. The lowest BCUT2D eigenvalue weighted by Crippen LogP contribution is -2.46. The van der Waals surface area contributed by atoms with Crippen molar-refractivity contribution in [2.45, 2.75) is 32.3 Å². The van der Waals surface area contributed by atoms with Gasteiger partial charge in [0.15, 0.2) is 0 Å². The van der Waals surface area contributed by atoms with Crippen molar-refractivity contribution in [2.24, 2.45) is 0 Å². The van der Waals surface area contributed by atoms with Crippen LogP contribution in [0.1, 0.15) is 31.2 Å². The number of pyridine rings is 1. The fourth-order valence-corrected chi connectivity index (χ4v) is 4.90. The number of hydrogen-bond acceptors (Lipinski definition) is 5. The van der Waals surface area contributed by atoms with E-state index in [0.29, 0.717) is 13.2 Å². The topological polar surface area (TPSA) is 48.8 Å². The molecule has 0 amide bonds. The molecule has 0 unspecified atom stereocenters. The average Bonchev–Trinajstić information content (AvgIpc) is 2.81. The van der Waals surface area contributed by atoms with Gasteiger partial charge in [-0.15, -0.1) is 0 Å². The van der Waals surface area contributed by atoms with E-state index >= 15 is 0 Å². The fourth-order valence-electron chi connectivity index (χ4n) is 4.90. The van der Waals surface area contributed by atoms with Gasteiger partial charge in [-0.3, -0.25) is 9.38 Å². The van der Waals surface area contributed by atoms with Crippen LogP contribution < -0.4 is 9.38 Å². The van der Waals surface area contributed by atoms with Gasteiger partial charge in [0.1, 0.15) is 11.5 Å². The second kappa shape index (κ2) is 10.8. The third-order valence-electron chi connectivity index (χ3n) is 6.85. The van der Waals surface area contributed by atoms with Gasteiger partial charge >= 0.3 is 0 Å². The smallest absolute Gasteiger partial charge is 0.138 e. The number of aromatic nitrogens is 1. The van der Waals surface area contributed by atoms with Crippen LogP contribution in [-0.4, -0.2) is 81.6 Å². The molecule has 4 rings (SSSR count). The van der Waals surface area contributed by atoms with Gasteiger partial charge < -0.3 is 14.7 Å². The van der Waals surface area contributed by atoms with Gasteiger partial charge in [-0.05, 0) is 50.1 Å². The Bertz CT molecular complexity index is 878. The molecule has 1 aromatic heterocycles. The number of benzene rings is 1. The standard InChI is InChI=1S/C26H39N4O2/c1-30(2)17-7-19-32-21-23-20-22(10-11-25(23)30)24-8-6-9-26(27-24)29-15-13-28(14-16-29)12-4-3-5-18-31/h6,8-11,20,31H,3-5,7,12-19,21H2,1-2H3/q+1. The molecule has 1 saturated heterocycles. The van der Waals surface area contributed by atoms with Crippen LogP contribution in [0.3, 0.4) is 0 Å². The van der Waals surface area contributed by atoms with Crippen molar-refractivity contribution in [1.82, 2.24) is 14.4 Å². The first kappa shape index (κ1) is 23.2. The number of aliphatic hydroxyl groups excluding tert-OH is 1. The second-order valence-electron chi connectivity index (χ2n) is 9.65. The second-order valence-corrected chi connectivity index (χ2v) is 9.65. The molecule has 0 atom stereocenters. The molecule has 1 aromatic carbocycles. The van der Waals surface area contributed by atoms with Crippen molar-refractivity contribution in [1.29, 1.82) is 0 Å². The maximum Gasteiger partial charge on any atom is 0.138 e. The molecule has 0 radical (unpaired) electrons. The lowest BCUT2D eigenvalue weighted by atomic mass is 10.0. The number of fused-ring (bicyclic) bond motifs is 1. The average molecular weight is 440 g/mol. The number of anilines is 1. The zero-order valence-corrected chi connectivity index (χ0v) is 19.8. The predicted molar refractivity (Wildman–Crippen MR) is 132 cm³/mol. The van der Waals surface area contributed by atoms with E-state index in [1.165, 1.54) is 17.7 Å². The summed E-state index contributed by atoms with van der Waals surface area (Å²) in [6.07, 6.45) is 4.30. The molecular formula is C26H39N4O2+. The first-order valence-corrected chi connectivity index (χ1v) is 12.2. The van der Waals surface area contributed by atoms with Gasteiger partial charge in [-0.25, -0.2) is 4.98 Å². The Kier molecular flexibility index (Phi) is 7.79. The normalized spacial score (nSPS) is 19.3. The van der Waals surface area contributed by atoms with E-state index in [0.717, 1.165) is 86.7 Å². The summed E-state index contributed by atoms with van der Waals surface area (Å²) < 4.78 is 6.80. The number of hydrogen-bond donors (Lipinski definition) is 1. The highest BCUT2D eigenvalue weighted by Gasteiger charge is 2.25. The van der Waals surface area contributed by atoms with Gasteiger partial charge in [0.2, 0.25) is 0 Å². The van der Waals surface area contributed by atoms with E-state index in [2.05, 4.69) is 60.3 Å². The molecule has 1 N–H and O–H groups in total. The van der Waals surface area contributed by atoms with Crippen molar-refractivity contribution >= 4 is 11.5 Å². The van der Waals surface area contributed by atoms with Crippen LogP contribution in [0, 0.1) is 0 Å². The highest BCUT2D eigenvalue weighted by molar-refractivity contribution is 5.67. The molecule has 2 aliphatic heterocycles. The third-order valence-corrected chi connectivity index (χ3v) is 6.85. The predicted octanol–water partition coefficient (Wildman–Crippen LogP) is 3.52. The number of piperazine rings is 1. The largest absolute Gasteiger partial charge is 0.396 e. The summed E-state index contributed by atoms with van der Waals surface area (Å²) >= 11 is 0. The van der Waals surface area contributed by atoms with Gasteiger partial charge in [0.25, 0.3) is 0 Å². The minimum absolute atomic E-state index is 0.309. The molecule has 0 bridgehead atoms. The molecule has 0 saturated carbocycles. The molecule has 3 heterocycles. The summed E-state index contributed by atoms with van der Waals surface area (Å²) in [5, 5.41) is 8.94. The van der Waals surface area contributed by atoms with E-state index in [1.807, 2.05) is 0 Å². The van der Waals surface area contributed by atoms with E-state index in [9.17, 15) is 0 Å². The minimum Gasteiger partial charge on any atom is -0.396 e. The molecule has 1 fully saturated rings. The number of nitrogens with zero attached hydrogens (tertiary/aromatic N) is 4. The van der Waals surface area contributed by atoms with Crippen molar-refractivity contribution in [3.63, 3.8) is 0 Å². The lowest BCUT2D eigenvalue weighted by Gasteiger charge is -2.35. The van der Waals surface area contributed by atoms with Crippen LogP contribution in [0.15, 0.2) is 36.4 Å². The van der Waals surface area contributed by atoms with Gasteiger partial charge in [-0.1, -0.05) is 6.07 Å². The lowest BCUT2D eigenvalue weighted by molar-refractivity contribution is 0.105. The van der Waals surface area contributed by atoms with Crippen LogP contribution in [-0.2, 0) is 11.3 Å².